The number of esters is 2. The molecular weight excluding hydrogens is 901 g/mol. The highest BCUT2D eigenvalue weighted by molar-refractivity contribution is 5.89. The lowest BCUT2D eigenvalue weighted by molar-refractivity contribution is -0.353. The number of carbonyl (C=O) groups is 3. The first kappa shape index (κ1) is 53.9. The van der Waals surface area contributed by atoms with Crippen LogP contribution < -0.4 is 0 Å². The largest absolute Gasteiger partial charge is 0.479 e. The van der Waals surface area contributed by atoms with Gasteiger partial charge in [-0.25, -0.2) is 14.4 Å². The molecule has 390 valence electrons. The number of ether oxygens (including phenoxy) is 6. The van der Waals surface area contributed by atoms with Crippen LogP contribution in [0.5, 0.6) is 0 Å². The van der Waals surface area contributed by atoms with Gasteiger partial charge in [-0.05, 0) is 107 Å². The number of hydrogen-bond donors (Lipinski definition) is 9. The molecule has 0 aromatic rings. The second-order valence-corrected chi connectivity index (χ2v) is 23.0. The third-order valence-corrected chi connectivity index (χ3v) is 19.3. The molecule has 69 heavy (non-hydrogen) atoms. The van der Waals surface area contributed by atoms with E-state index < -0.39 is 149 Å². The molecular formula is C51H78O18. The van der Waals surface area contributed by atoms with E-state index in [9.17, 15) is 60.3 Å². The lowest BCUT2D eigenvalue weighted by Gasteiger charge is -2.72. The van der Waals surface area contributed by atoms with Gasteiger partial charge in [-0.2, -0.15) is 0 Å². The Morgan fingerprint density at radius 2 is 1.36 bits per heavy atom. The summed E-state index contributed by atoms with van der Waals surface area (Å²) in [6.07, 6.45) is -10.5. The van der Waals surface area contributed by atoms with Crippen LogP contribution in [0.15, 0.2) is 34.9 Å². The van der Waals surface area contributed by atoms with Gasteiger partial charge in [0.2, 0.25) is 0 Å². The van der Waals surface area contributed by atoms with Crippen LogP contribution in [0.4, 0.5) is 0 Å². The number of rotatable bonds is 12. The number of fused-ring (bicyclic) bond motifs is 7. The summed E-state index contributed by atoms with van der Waals surface area (Å²) in [5.74, 6) is -3.45. The predicted molar refractivity (Wildman–Crippen MR) is 244 cm³/mol. The molecule has 0 bridgehead atoms. The zero-order valence-corrected chi connectivity index (χ0v) is 41.7. The van der Waals surface area contributed by atoms with Crippen molar-refractivity contribution in [2.75, 3.05) is 19.8 Å². The minimum Gasteiger partial charge on any atom is -0.479 e. The van der Waals surface area contributed by atoms with E-state index in [-0.39, 0.29) is 24.9 Å². The fraction of sp³-hybridized carbons (Fsp3) is 0.824. The van der Waals surface area contributed by atoms with E-state index in [0.717, 1.165) is 5.57 Å². The number of aliphatic hydroxyl groups excluding tert-OH is 8. The minimum absolute atomic E-state index is 0.000464. The summed E-state index contributed by atoms with van der Waals surface area (Å²) in [6.45, 7) is 17.7. The molecule has 0 aromatic heterocycles. The van der Waals surface area contributed by atoms with Crippen LogP contribution in [0.1, 0.15) is 114 Å². The van der Waals surface area contributed by atoms with Gasteiger partial charge >= 0.3 is 17.9 Å². The standard InChI is InChI=1S/C51H78O18/c1-11-24(3)42(62)68-39-40(69-43(63)25(4)12-2)51(23-54)27(19-46(39,5)6)26-13-14-30-47(7)17-16-32(48(8,22-53)29(47)15-18-49(30,9)50(26,10)20-31(51)55)65-45-38(35(58)34(57)37(66-45)41(60)61)67-44-36(59)33(56)28(21-52)64-44/h11-13,27-40,44-45,52-59H,14-23H2,1-10H3,(H,60,61)/b24-11-,25-12-/t27-,28-,29?,30+,31+,32-,33-,34-,35-,36+,37-,38+,39-,40-,44-,45+,47-,48+,49+,50+,51-/m0/s1. The van der Waals surface area contributed by atoms with Crippen LogP contribution in [0.25, 0.3) is 0 Å². The summed E-state index contributed by atoms with van der Waals surface area (Å²) >= 11 is 0. The number of hydrogen-bond acceptors (Lipinski definition) is 17. The van der Waals surface area contributed by atoms with Crippen molar-refractivity contribution < 1.29 is 88.8 Å². The SMILES string of the molecule is C/C=C(/C)C(=O)O[C@H]1[C@H](OC(=O)/C(C)=C\C)[C@]2(CO)[C@H](O)C[C@]3(C)C(=CC[C@@H]4[C@@]5(C)CC[C@H](O[C@@H]6O[C@H](C(=O)O)[C@@H](O)[C@H](O)[C@H]6O[C@@H]6O[C@@H](CO)[C@H](O)[C@H]6O)[C@](C)(CO)C5CC[C@]43C)[C@@H]2CC1(C)C. The van der Waals surface area contributed by atoms with Crippen LogP contribution in [0.2, 0.25) is 0 Å². The lowest BCUT2D eigenvalue weighted by atomic mass is 9.33. The van der Waals surface area contributed by atoms with Gasteiger partial charge in [-0.15, -0.1) is 0 Å². The molecule has 2 saturated heterocycles. The van der Waals surface area contributed by atoms with E-state index in [1.54, 1.807) is 39.8 Å². The topological polar surface area (TPSA) is 289 Å². The zero-order valence-electron chi connectivity index (χ0n) is 41.7. The van der Waals surface area contributed by atoms with Crippen LogP contribution in [-0.4, -0.2) is 163 Å². The molecule has 0 aromatic carbocycles. The number of aliphatic hydroxyl groups is 8. The third kappa shape index (κ3) is 8.28. The fourth-order valence-electron chi connectivity index (χ4n) is 14.7. The summed E-state index contributed by atoms with van der Waals surface area (Å²) in [7, 11) is 0. The van der Waals surface area contributed by atoms with Crippen molar-refractivity contribution in [2.24, 2.45) is 50.2 Å². The predicted octanol–water partition coefficient (Wildman–Crippen LogP) is 2.44. The highest BCUT2D eigenvalue weighted by Crippen LogP contribution is 2.76. The van der Waals surface area contributed by atoms with Gasteiger partial charge in [0.15, 0.2) is 24.8 Å². The molecule has 1 unspecified atom stereocenters. The van der Waals surface area contributed by atoms with E-state index in [1.807, 2.05) is 20.8 Å². The number of carboxylic acids is 1. The van der Waals surface area contributed by atoms with Gasteiger partial charge in [-0.1, -0.05) is 65.3 Å². The zero-order chi connectivity index (χ0) is 51.1. The Bertz CT molecular complexity index is 2050. The molecule has 4 saturated carbocycles. The van der Waals surface area contributed by atoms with Gasteiger partial charge in [0, 0.05) is 22.0 Å². The Morgan fingerprint density at radius 1 is 0.739 bits per heavy atom. The van der Waals surface area contributed by atoms with Gasteiger partial charge in [0.1, 0.15) is 42.7 Å². The monoisotopic (exact) mass is 979 g/mol. The van der Waals surface area contributed by atoms with Crippen molar-refractivity contribution in [3.8, 4) is 0 Å². The number of allylic oxidation sites excluding steroid dienone is 4. The second kappa shape index (κ2) is 19.2. The average Bonchev–Trinajstić information content (AvgIpc) is 3.57. The Kier molecular flexibility index (Phi) is 15.0. The van der Waals surface area contributed by atoms with E-state index >= 15 is 0 Å². The second-order valence-electron chi connectivity index (χ2n) is 23.0. The molecule has 18 heteroatoms. The summed E-state index contributed by atoms with van der Waals surface area (Å²) in [4.78, 5) is 39.5. The number of aliphatic carboxylic acids is 1. The normalized spacial score (nSPS) is 48.5. The smallest absolute Gasteiger partial charge is 0.335 e. The fourth-order valence-corrected chi connectivity index (χ4v) is 14.7. The van der Waals surface area contributed by atoms with Crippen molar-refractivity contribution >= 4 is 17.9 Å². The molecule has 0 amide bonds. The summed E-state index contributed by atoms with van der Waals surface area (Å²) in [5.41, 5.74) is -2.96. The van der Waals surface area contributed by atoms with Gasteiger partial charge in [0.25, 0.3) is 0 Å². The average molecular weight is 979 g/mol. The van der Waals surface area contributed by atoms with E-state index in [2.05, 4.69) is 26.8 Å². The molecule has 9 N–H and O–H groups in total. The maximum Gasteiger partial charge on any atom is 0.335 e. The number of carbonyl (C=O) groups excluding carboxylic acids is 2. The summed E-state index contributed by atoms with van der Waals surface area (Å²) < 4.78 is 36.5. The van der Waals surface area contributed by atoms with E-state index in [0.29, 0.717) is 49.7 Å². The van der Waals surface area contributed by atoms with E-state index in [4.69, 9.17) is 28.4 Å². The highest BCUT2D eigenvalue weighted by atomic mass is 16.8. The first-order valence-corrected chi connectivity index (χ1v) is 24.7. The molecule has 21 atom stereocenters. The highest BCUT2D eigenvalue weighted by Gasteiger charge is 2.74. The van der Waals surface area contributed by atoms with Crippen molar-refractivity contribution in [1.82, 2.24) is 0 Å². The van der Waals surface area contributed by atoms with Crippen LogP contribution in [0, 0.1) is 50.2 Å². The first-order valence-electron chi connectivity index (χ1n) is 24.7. The lowest BCUT2D eigenvalue weighted by Crippen LogP contribution is -2.72. The molecule has 2 aliphatic heterocycles. The summed E-state index contributed by atoms with van der Waals surface area (Å²) in [5, 5.41) is 99.0. The summed E-state index contributed by atoms with van der Waals surface area (Å²) in [6, 6.07) is 0. The Morgan fingerprint density at radius 3 is 1.91 bits per heavy atom. The van der Waals surface area contributed by atoms with Crippen molar-refractivity contribution in [3.63, 3.8) is 0 Å². The maximum absolute atomic E-state index is 13.7. The molecule has 0 radical (unpaired) electrons. The number of carboxylic acid groups (broad SMARTS) is 1. The Labute approximate surface area is 404 Å². The molecule has 7 rings (SSSR count). The van der Waals surface area contributed by atoms with Crippen LogP contribution >= 0.6 is 0 Å². The quantitative estimate of drug-likeness (QED) is 0.0588. The molecule has 5 aliphatic carbocycles. The third-order valence-electron chi connectivity index (χ3n) is 19.3. The van der Waals surface area contributed by atoms with Crippen molar-refractivity contribution in [1.29, 1.82) is 0 Å². The first-order chi connectivity index (χ1) is 32.2. The molecule has 7 aliphatic rings. The van der Waals surface area contributed by atoms with E-state index in [1.165, 1.54) is 0 Å². The van der Waals surface area contributed by atoms with Gasteiger partial charge in [-0.3, -0.25) is 0 Å². The maximum atomic E-state index is 13.7. The van der Waals surface area contributed by atoms with Gasteiger partial charge in [0.05, 0.1) is 37.4 Å². The van der Waals surface area contributed by atoms with Crippen molar-refractivity contribution in [3.05, 3.63) is 34.9 Å². The minimum atomic E-state index is -1.99. The molecule has 0 spiro atoms. The molecule has 2 heterocycles. The Balaban J connectivity index is 1.22. The molecule has 6 fully saturated rings. The van der Waals surface area contributed by atoms with Gasteiger partial charge < -0.3 is 74.4 Å². The Hall–Kier alpha value is -2.85. The molecule has 18 nitrogen and oxygen atoms in total. The van der Waals surface area contributed by atoms with Crippen molar-refractivity contribution in [2.45, 2.75) is 194 Å². The van der Waals surface area contributed by atoms with Crippen LogP contribution in [0.3, 0.4) is 0 Å². The van der Waals surface area contributed by atoms with Crippen LogP contribution in [-0.2, 0) is 42.8 Å².